The van der Waals surface area contributed by atoms with Crippen LogP contribution in [-0.4, -0.2) is 29.0 Å². The van der Waals surface area contributed by atoms with Gasteiger partial charge in [-0.3, -0.25) is 0 Å². The Kier molecular flexibility index (Phi) is 6.22. The predicted molar refractivity (Wildman–Crippen MR) is 94.0 cm³/mol. The third-order valence-electron chi connectivity index (χ3n) is 3.52. The van der Waals surface area contributed by atoms with Crippen LogP contribution in [0.3, 0.4) is 0 Å². The molecule has 0 unspecified atom stereocenters. The van der Waals surface area contributed by atoms with Crippen LogP contribution in [0.25, 0.3) is 0 Å². The monoisotopic (exact) mass is 345 g/mol. The number of benzene rings is 1. The third-order valence-corrected chi connectivity index (χ3v) is 3.52. The van der Waals surface area contributed by atoms with E-state index in [1.807, 2.05) is 0 Å². The molecule has 0 aliphatic rings. The average molecular weight is 345 g/mol. The highest BCUT2D eigenvalue weighted by molar-refractivity contribution is 6.10. The van der Waals surface area contributed by atoms with Gasteiger partial charge in [0.15, 0.2) is 17.1 Å². The van der Waals surface area contributed by atoms with Gasteiger partial charge >= 0.3 is 5.97 Å². The second-order valence-electron chi connectivity index (χ2n) is 6.05. The van der Waals surface area contributed by atoms with Crippen LogP contribution in [0, 0.1) is 0 Å². The molecule has 134 valence electrons. The zero-order valence-corrected chi connectivity index (χ0v) is 14.7. The van der Waals surface area contributed by atoms with Crippen LogP contribution >= 0.6 is 0 Å². The van der Waals surface area contributed by atoms with Gasteiger partial charge in [-0.15, -0.1) is 0 Å². The molecule has 0 radical (unpaired) electrons. The van der Waals surface area contributed by atoms with Gasteiger partial charge < -0.3 is 19.1 Å². The van der Waals surface area contributed by atoms with Crippen LogP contribution < -0.4 is 4.74 Å². The van der Waals surface area contributed by atoms with E-state index >= 15 is 0 Å². The maximum Gasteiger partial charge on any atom is 0.347 e. The van der Waals surface area contributed by atoms with Gasteiger partial charge in [0.25, 0.3) is 0 Å². The molecule has 2 rings (SSSR count). The molecule has 1 aromatic carbocycles. The molecule has 6 heteroatoms. The minimum absolute atomic E-state index is 0.460. The van der Waals surface area contributed by atoms with Crippen molar-refractivity contribution in [2.75, 3.05) is 6.61 Å². The molecule has 0 aliphatic carbocycles. The number of carboxylic acid groups (broad SMARTS) is 1. The molecule has 0 amide bonds. The molecule has 0 spiro atoms. The number of carbonyl (C=O) groups is 1. The van der Waals surface area contributed by atoms with Crippen LogP contribution in [0.15, 0.2) is 52.2 Å². The van der Waals surface area contributed by atoms with Gasteiger partial charge in [0.2, 0.25) is 0 Å². The number of oxime groups is 1. The normalized spacial score (nSPS) is 12.0. The van der Waals surface area contributed by atoms with E-state index in [1.54, 1.807) is 42.7 Å². The van der Waals surface area contributed by atoms with Crippen molar-refractivity contribution in [2.45, 2.75) is 39.2 Å². The van der Waals surface area contributed by atoms with Crippen LogP contribution in [0.1, 0.15) is 44.9 Å². The standard InChI is InChI=1S/C19H23NO5/c1-4-5-13-24-20-17(16-7-6-12-23-16)14-8-10-15(11-9-14)25-19(2,3)18(21)22/h6-12H,4-5,13H2,1-3H3,(H,21,22). The fourth-order valence-corrected chi connectivity index (χ4v) is 1.99. The van der Waals surface area contributed by atoms with Gasteiger partial charge in [-0.05, 0) is 56.7 Å². The van der Waals surface area contributed by atoms with Gasteiger partial charge in [0.1, 0.15) is 12.4 Å². The molecule has 0 bridgehead atoms. The van der Waals surface area contributed by atoms with Crippen molar-refractivity contribution in [3.8, 4) is 5.75 Å². The SMILES string of the molecule is CCCCON=C(c1ccc(OC(C)(C)C(=O)O)cc1)c1ccco1. The Morgan fingerprint density at radius 2 is 1.96 bits per heavy atom. The second kappa shape index (κ2) is 8.37. The summed E-state index contributed by atoms with van der Waals surface area (Å²) in [6.07, 6.45) is 3.52. The van der Waals surface area contributed by atoms with Crippen molar-refractivity contribution in [3.05, 3.63) is 54.0 Å². The Labute approximate surface area is 147 Å². The molecule has 6 nitrogen and oxygen atoms in total. The summed E-state index contributed by atoms with van der Waals surface area (Å²) in [7, 11) is 0. The van der Waals surface area contributed by atoms with Gasteiger partial charge in [0.05, 0.1) is 6.26 Å². The second-order valence-corrected chi connectivity index (χ2v) is 6.05. The summed E-state index contributed by atoms with van der Waals surface area (Å²) >= 11 is 0. The molecule has 1 N–H and O–H groups in total. The molecule has 2 aromatic rings. The topological polar surface area (TPSA) is 81.3 Å². The third kappa shape index (κ3) is 5.11. The van der Waals surface area contributed by atoms with E-state index in [0.717, 1.165) is 18.4 Å². The lowest BCUT2D eigenvalue weighted by Crippen LogP contribution is -2.37. The highest BCUT2D eigenvalue weighted by atomic mass is 16.6. The first kappa shape index (κ1) is 18.6. The molecule has 1 aromatic heterocycles. The zero-order chi connectivity index (χ0) is 18.3. The Morgan fingerprint density at radius 3 is 2.52 bits per heavy atom. The minimum Gasteiger partial charge on any atom is -0.478 e. The van der Waals surface area contributed by atoms with Gasteiger partial charge in [0, 0.05) is 5.56 Å². The zero-order valence-electron chi connectivity index (χ0n) is 14.7. The molecule has 0 aliphatic heterocycles. The number of carboxylic acids is 1. The van der Waals surface area contributed by atoms with Crippen molar-refractivity contribution in [2.24, 2.45) is 5.16 Å². The van der Waals surface area contributed by atoms with Crippen molar-refractivity contribution < 1.29 is 23.9 Å². The Bertz CT molecular complexity index is 702. The molecular weight excluding hydrogens is 322 g/mol. The van der Waals surface area contributed by atoms with Crippen LogP contribution in [0.2, 0.25) is 0 Å². The lowest BCUT2D eigenvalue weighted by Gasteiger charge is -2.21. The fraction of sp³-hybridized carbons (Fsp3) is 0.368. The average Bonchev–Trinajstić information content (AvgIpc) is 3.10. The molecule has 25 heavy (non-hydrogen) atoms. The van der Waals surface area contributed by atoms with Crippen molar-refractivity contribution in [1.29, 1.82) is 0 Å². The number of hydrogen-bond acceptors (Lipinski definition) is 5. The first-order valence-electron chi connectivity index (χ1n) is 8.20. The highest BCUT2D eigenvalue weighted by Gasteiger charge is 2.29. The minimum atomic E-state index is -1.30. The van der Waals surface area contributed by atoms with E-state index in [4.69, 9.17) is 19.1 Å². The molecule has 0 saturated carbocycles. The van der Waals surface area contributed by atoms with E-state index in [9.17, 15) is 4.79 Å². The van der Waals surface area contributed by atoms with Crippen LogP contribution in [0.5, 0.6) is 5.75 Å². The first-order valence-corrected chi connectivity index (χ1v) is 8.20. The largest absolute Gasteiger partial charge is 0.478 e. The summed E-state index contributed by atoms with van der Waals surface area (Å²) in [4.78, 5) is 16.5. The summed E-state index contributed by atoms with van der Waals surface area (Å²) in [5.41, 5.74) is 0.0555. The molecule has 0 fully saturated rings. The van der Waals surface area contributed by atoms with Crippen molar-refractivity contribution in [1.82, 2.24) is 0 Å². The highest BCUT2D eigenvalue weighted by Crippen LogP contribution is 2.21. The number of aliphatic carboxylic acids is 1. The number of furan rings is 1. The Morgan fingerprint density at radius 1 is 1.24 bits per heavy atom. The number of hydrogen-bond donors (Lipinski definition) is 1. The molecule has 0 atom stereocenters. The number of ether oxygens (including phenoxy) is 1. The van der Waals surface area contributed by atoms with Gasteiger partial charge in [-0.1, -0.05) is 18.5 Å². The molecule has 0 saturated heterocycles. The lowest BCUT2D eigenvalue weighted by molar-refractivity contribution is -0.152. The van der Waals surface area contributed by atoms with Crippen LogP contribution in [-0.2, 0) is 9.63 Å². The quantitative estimate of drug-likeness (QED) is 0.420. The van der Waals surface area contributed by atoms with Gasteiger partial charge in [-0.2, -0.15) is 0 Å². The summed E-state index contributed by atoms with van der Waals surface area (Å²) < 4.78 is 10.9. The molecule has 1 heterocycles. The smallest absolute Gasteiger partial charge is 0.347 e. The number of rotatable bonds is 9. The summed E-state index contributed by atoms with van der Waals surface area (Å²) in [6, 6.07) is 10.6. The number of unbranched alkanes of at least 4 members (excludes halogenated alkanes) is 1. The van der Waals surface area contributed by atoms with Crippen molar-refractivity contribution in [3.63, 3.8) is 0 Å². The Balaban J connectivity index is 2.19. The van der Waals surface area contributed by atoms with Crippen LogP contribution in [0.4, 0.5) is 0 Å². The van der Waals surface area contributed by atoms with E-state index in [2.05, 4.69) is 12.1 Å². The molecular formula is C19H23NO5. The Hall–Kier alpha value is -2.76. The van der Waals surface area contributed by atoms with Gasteiger partial charge in [-0.25, -0.2) is 4.79 Å². The first-order chi connectivity index (χ1) is 11.9. The van der Waals surface area contributed by atoms with E-state index in [-0.39, 0.29) is 0 Å². The van der Waals surface area contributed by atoms with E-state index < -0.39 is 11.6 Å². The predicted octanol–water partition coefficient (Wildman–Crippen LogP) is 4.09. The maximum atomic E-state index is 11.2. The lowest BCUT2D eigenvalue weighted by atomic mass is 10.1. The number of nitrogens with zero attached hydrogens (tertiary/aromatic N) is 1. The summed E-state index contributed by atoms with van der Waals surface area (Å²) in [6.45, 7) is 5.62. The van der Waals surface area contributed by atoms with E-state index in [0.29, 0.717) is 23.8 Å². The summed E-state index contributed by atoms with van der Waals surface area (Å²) in [5, 5.41) is 13.3. The summed E-state index contributed by atoms with van der Waals surface area (Å²) in [5.74, 6) is 0.0246. The fourth-order valence-electron chi connectivity index (χ4n) is 1.99. The maximum absolute atomic E-state index is 11.2. The van der Waals surface area contributed by atoms with Crippen molar-refractivity contribution >= 4 is 11.7 Å². The van der Waals surface area contributed by atoms with E-state index in [1.165, 1.54) is 13.8 Å².